The van der Waals surface area contributed by atoms with E-state index < -0.39 is 0 Å². The van der Waals surface area contributed by atoms with Gasteiger partial charge in [-0.05, 0) is 42.9 Å². The van der Waals surface area contributed by atoms with Crippen molar-refractivity contribution in [2.75, 3.05) is 25.1 Å². The number of rotatable bonds is 3. The second kappa shape index (κ2) is 4.67. The molecule has 0 saturated carbocycles. The summed E-state index contributed by atoms with van der Waals surface area (Å²) in [6.45, 7) is 1.45. The third kappa shape index (κ3) is 2.32. The van der Waals surface area contributed by atoms with E-state index in [0.29, 0.717) is 0 Å². The zero-order valence-corrected chi connectivity index (χ0v) is 9.37. The van der Waals surface area contributed by atoms with Crippen molar-refractivity contribution in [3.63, 3.8) is 0 Å². The summed E-state index contributed by atoms with van der Waals surface area (Å²) in [7, 11) is 2.16. The third-order valence-corrected chi connectivity index (χ3v) is 3.12. The first-order valence-electron chi connectivity index (χ1n) is 5.75. The van der Waals surface area contributed by atoms with Crippen molar-refractivity contribution in [2.24, 2.45) is 0 Å². The minimum Gasteiger partial charge on any atom is -0.396 e. The van der Waals surface area contributed by atoms with E-state index in [-0.39, 0.29) is 6.61 Å². The van der Waals surface area contributed by atoms with E-state index in [2.05, 4.69) is 30.1 Å². The van der Waals surface area contributed by atoms with Crippen molar-refractivity contribution >= 4 is 5.69 Å². The molecule has 0 bridgehead atoms. The number of aryl methyl sites for hydroxylation is 2. The number of anilines is 1. The summed E-state index contributed by atoms with van der Waals surface area (Å²) < 4.78 is 0. The quantitative estimate of drug-likeness (QED) is 0.815. The van der Waals surface area contributed by atoms with Gasteiger partial charge >= 0.3 is 0 Å². The van der Waals surface area contributed by atoms with E-state index in [9.17, 15) is 0 Å². The van der Waals surface area contributed by atoms with Crippen LogP contribution in [0.15, 0.2) is 18.2 Å². The third-order valence-electron chi connectivity index (χ3n) is 3.12. The van der Waals surface area contributed by atoms with E-state index in [1.54, 1.807) is 0 Å². The summed E-state index contributed by atoms with van der Waals surface area (Å²) in [6, 6.07) is 6.73. The van der Waals surface area contributed by atoms with E-state index in [0.717, 1.165) is 19.4 Å². The number of hydrogen-bond donors (Lipinski definition) is 1. The number of aliphatic hydroxyl groups excluding tert-OH is 1. The Balaban J connectivity index is 2.19. The zero-order valence-electron chi connectivity index (χ0n) is 9.37. The van der Waals surface area contributed by atoms with Crippen LogP contribution in [0.4, 0.5) is 5.69 Å². The Morgan fingerprint density at radius 2 is 2.27 bits per heavy atom. The fourth-order valence-electron chi connectivity index (χ4n) is 2.24. The Bertz CT molecular complexity index is 335. The van der Waals surface area contributed by atoms with Crippen molar-refractivity contribution in [1.29, 1.82) is 0 Å². The molecule has 0 saturated heterocycles. The predicted octanol–water partition coefficient (Wildman–Crippen LogP) is 1.99. The fourth-order valence-corrected chi connectivity index (χ4v) is 2.24. The maximum absolute atomic E-state index is 8.81. The fraction of sp³-hybridized carbons (Fsp3) is 0.538. The van der Waals surface area contributed by atoms with E-state index >= 15 is 0 Å². The molecule has 1 N–H and O–H groups in total. The molecule has 2 rings (SSSR count). The molecule has 0 fully saturated rings. The molecule has 0 amide bonds. The highest BCUT2D eigenvalue weighted by molar-refractivity contribution is 5.56. The van der Waals surface area contributed by atoms with Crippen LogP contribution < -0.4 is 4.90 Å². The van der Waals surface area contributed by atoms with Gasteiger partial charge in [0.15, 0.2) is 0 Å². The van der Waals surface area contributed by atoms with E-state index in [1.807, 2.05) is 0 Å². The van der Waals surface area contributed by atoms with Gasteiger partial charge in [-0.3, -0.25) is 0 Å². The molecule has 1 heterocycles. The first-order chi connectivity index (χ1) is 7.31. The average molecular weight is 205 g/mol. The van der Waals surface area contributed by atoms with Crippen LogP contribution in [0.3, 0.4) is 0 Å². The lowest BCUT2D eigenvalue weighted by Gasteiger charge is -2.28. The van der Waals surface area contributed by atoms with Gasteiger partial charge in [-0.15, -0.1) is 0 Å². The highest BCUT2D eigenvalue weighted by atomic mass is 16.2. The highest BCUT2D eigenvalue weighted by Crippen LogP contribution is 2.27. The summed E-state index contributed by atoms with van der Waals surface area (Å²) in [6.07, 6.45) is 4.32. The number of benzene rings is 1. The monoisotopic (exact) mass is 205 g/mol. The summed E-state index contributed by atoms with van der Waals surface area (Å²) in [5, 5.41) is 8.81. The number of hydrogen-bond acceptors (Lipinski definition) is 2. The van der Waals surface area contributed by atoms with Gasteiger partial charge in [0, 0.05) is 25.9 Å². The topological polar surface area (TPSA) is 23.5 Å². The lowest BCUT2D eigenvalue weighted by molar-refractivity contribution is 0.288. The Morgan fingerprint density at radius 3 is 3.07 bits per heavy atom. The van der Waals surface area contributed by atoms with Gasteiger partial charge in [-0.25, -0.2) is 0 Å². The standard InChI is InChI=1S/C13H19NO/c1-14-8-2-5-12-7-6-11(4-3-9-15)10-13(12)14/h6-7,10,15H,2-5,8-9H2,1H3. The summed E-state index contributed by atoms with van der Waals surface area (Å²) >= 11 is 0. The lowest BCUT2D eigenvalue weighted by Crippen LogP contribution is -2.24. The SMILES string of the molecule is CN1CCCc2ccc(CCCO)cc21. The molecule has 0 unspecified atom stereocenters. The molecule has 1 aromatic rings. The van der Waals surface area contributed by atoms with Gasteiger partial charge in [0.05, 0.1) is 0 Å². The van der Waals surface area contributed by atoms with Crippen LogP contribution in [0.2, 0.25) is 0 Å². The Labute approximate surface area is 91.5 Å². The normalized spacial score (nSPS) is 15.2. The van der Waals surface area contributed by atoms with Crippen molar-refractivity contribution < 1.29 is 5.11 Å². The van der Waals surface area contributed by atoms with Gasteiger partial charge in [-0.1, -0.05) is 12.1 Å². The number of aliphatic hydroxyl groups is 1. The molecule has 15 heavy (non-hydrogen) atoms. The Morgan fingerprint density at radius 1 is 1.40 bits per heavy atom. The Kier molecular flexibility index (Phi) is 3.27. The second-order valence-corrected chi connectivity index (χ2v) is 4.32. The maximum atomic E-state index is 8.81. The van der Waals surface area contributed by atoms with Gasteiger partial charge in [-0.2, -0.15) is 0 Å². The van der Waals surface area contributed by atoms with Crippen LogP contribution in [0, 0.1) is 0 Å². The average Bonchev–Trinajstić information content (AvgIpc) is 2.27. The number of nitrogens with zero attached hydrogens (tertiary/aromatic N) is 1. The van der Waals surface area contributed by atoms with Crippen LogP contribution in [0.5, 0.6) is 0 Å². The second-order valence-electron chi connectivity index (χ2n) is 4.32. The zero-order chi connectivity index (χ0) is 10.7. The van der Waals surface area contributed by atoms with Gasteiger partial charge in [0.25, 0.3) is 0 Å². The minimum atomic E-state index is 0.285. The van der Waals surface area contributed by atoms with Crippen LogP contribution in [0.25, 0.3) is 0 Å². The maximum Gasteiger partial charge on any atom is 0.0434 e. The summed E-state index contributed by atoms with van der Waals surface area (Å²) in [4.78, 5) is 2.33. The van der Waals surface area contributed by atoms with Gasteiger partial charge in [0.2, 0.25) is 0 Å². The molecule has 0 aliphatic carbocycles. The van der Waals surface area contributed by atoms with Gasteiger partial charge in [0.1, 0.15) is 0 Å². The van der Waals surface area contributed by atoms with Gasteiger partial charge < -0.3 is 10.0 Å². The Hall–Kier alpha value is -1.02. The smallest absolute Gasteiger partial charge is 0.0434 e. The molecule has 1 aliphatic rings. The molecule has 82 valence electrons. The molecular weight excluding hydrogens is 186 g/mol. The molecule has 1 aromatic carbocycles. The highest BCUT2D eigenvalue weighted by Gasteiger charge is 2.13. The van der Waals surface area contributed by atoms with Crippen molar-refractivity contribution in [2.45, 2.75) is 25.7 Å². The van der Waals surface area contributed by atoms with Crippen molar-refractivity contribution in [1.82, 2.24) is 0 Å². The molecule has 2 nitrogen and oxygen atoms in total. The van der Waals surface area contributed by atoms with Crippen molar-refractivity contribution in [3.05, 3.63) is 29.3 Å². The molecule has 0 spiro atoms. The molecule has 1 aliphatic heterocycles. The first-order valence-corrected chi connectivity index (χ1v) is 5.75. The predicted molar refractivity (Wildman–Crippen MR) is 63.4 cm³/mol. The molecule has 0 aromatic heterocycles. The molecule has 2 heteroatoms. The largest absolute Gasteiger partial charge is 0.396 e. The molecular formula is C13H19NO. The lowest BCUT2D eigenvalue weighted by atomic mass is 9.98. The molecule has 0 atom stereocenters. The van der Waals surface area contributed by atoms with E-state index in [4.69, 9.17) is 5.11 Å². The van der Waals surface area contributed by atoms with Crippen LogP contribution in [-0.4, -0.2) is 25.3 Å². The summed E-state index contributed by atoms with van der Waals surface area (Å²) in [5.74, 6) is 0. The van der Waals surface area contributed by atoms with Crippen LogP contribution >= 0.6 is 0 Å². The van der Waals surface area contributed by atoms with Crippen LogP contribution in [-0.2, 0) is 12.8 Å². The number of fused-ring (bicyclic) bond motifs is 1. The molecule has 0 radical (unpaired) electrons. The van der Waals surface area contributed by atoms with Crippen molar-refractivity contribution in [3.8, 4) is 0 Å². The summed E-state index contributed by atoms with van der Waals surface area (Å²) in [5.41, 5.74) is 4.20. The van der Waals surface area contributed by atoms with Crippen LogP contribution in [0.1, 0.15) is 24.0 Å². The first kappa shape index (κ1) is 10.5. The minimum absolute atomic E-state index is 0.285. The van der Waals surface area contributed by atoms with E-state index in [1.165, 1.54) is 29.7 Å².